The lowest BCUT2D eigenvalue weighted by Gasteiger charge is -2.04. The Balaban J connectivity index is 1.83. The zero-order chi connectivity index (χ0) is 20.4. The van der Waals surface area contributed by atoms with Crippen molar-refractivity contribution in [2.75, 3.05) is 7.11 Å². The molecular formula is C24H16Br2O3. The maximum Gasteiger partial charge on any atom is 0.228 e. The molecule has 0 spiro atoms. The zero-order valence-corrected chi connectivity index (χ0v) is 18.7. The van der Waals surface area contributed by atoms with E-state index in [1.165, 1.54) is 0 Å². The largest absolute Gasteiger partial charge is 0.497 e. The van der Waals surface area contributed by atoms with Crippen LogP contribution in [0.15, 0.2) is 92.2 Å². The third kappa shape index (κ3) is 4.21. The Kier molecular flexibility index (Phi) is 5.69. The van der Waals surface area contributed by atoms with Crippen LogP contribution < -0.4 is 4.74 Å². The van der Waals surface area contributed by atoms with Gasteiger partial charge in [0.2, 0.25) is 5.78 Å². The van der Waals surface area contributed by atoms with E-state index < -0.39 is 0 Å². The van der Waals surface area contributed by atoms with Gasteiger partial charge in [0.25, 0.3) is 0 Å². The van der Waals surface area contributed by atoms with E-state index in [9.17, 15) is 4.79 Å². The van der Waals surface area contributed by atoms with Crippen molar-refractivity contribution in [1.29, 1.82) is 0 Å². The third-order valence-electron chi connectivity index (χ3n) is 4.57. The third-order valence-corrected chi connectivity index (χ3v) is 5.63. The van der Waals surface area contributed by atoms with Gasteiger partial charge in [-0.3, -0.25) is 4.79 Å². The quantitative estimate of drug-likeness (QED) is 0.262. The lowest BCUT2D eigenvalue weighted by atomic mass is 10.0. The molecule has 0 atom stereocenters. The monoisotopic (exact) mass is 510 g/mol. The summed E-state index contributed by atoms with van der Waals surface area (Å²) in [4.78, 5) is 13.2. The second-order valence-electron chi connectivity index (χ2n) is 6.42. The molecule has 0 unspecified atom stereocenters. The van der Waals surface area contributed by atoms with Gasteiger partial charge in [-0.15, -0.1) is 0 Å². The van der Waals surface area contributed by atoms with E-state index in [4.69, 9.17) is 9.15 Å². The summed E-state index contributed by atoms with van der Waals surface area (Å²) in [5.74, 6) is 1.55. The molecule has 0 aliphatic rings. The van der Waals surface area contributed by atoms with Gasteiger partial charge in [-0.1, -0.05) is 56.1 Å². The first kappa shape index (κ1) is 19.7. The van der Waals surface area contributed by atoms with E-state index in [2.05, 4.69) is 31.9 Å². The maximum atomic E-state index is 13.2. The van der Waals surface area contributed by atoms with Crippen LogP contribution in [0, 0.1) is 0 Å². The second kappa shape index (κ2) is 8.39. The smallest absolute Gasteiger partial charge is 0.228 e. The van der Waals surface area contributed by atoms with Crippen molar-refractivity contribution >= 4 is 37.6 Å². The Hall–Kier alpha value is -2.63. The minimum atomic E-state index is -0.160. The lowest BCUT2D eigenvalue weighted by molar-refractivity contribution is 0.101. The summed E-state index contributed by atoms with van der Waals surface area (Å²) in [6, 6.07) is 24.6. The number of methoxy groups -OCH3 is 1. The number of furan rings is 1. The molecule has 0 aliphatic heterocycles. The van der Waals surface area contributed by atoms with Crippen LogP contribution in [0.5, 0.6) is 5.75 Å². The fraction of sp³-hybridized carbons (Fsp3) is 0.0417. The maximum absolute atomic E-state index is 13.2. The number of carbonyl (C=O) groups excluding carboxylic acids is 1. The summed E-state index contributed by atoms with van der Waals surface area (Å²) in [5, 5.41) is 0. The van der Waals surface area contributed by atoms with E-state index in [0.29, 0.717) is 17.1 Å². The molecule has 0 fully saturated rings. The van der Waals surface area contributed by atoms with Gasteiger partial charge in [-0.25, -0.2) is 0 Å². The van der Waals surface area contributed by atoms with E-state index >= 15 is 0 Å². The zero-order valence-electron chi connectivity index (χ0n) is 15.5. The van der Waals surface area contributed by atoms with Gasteiger partial charge in [-0.2, -0.15) is 0 Å². The number of rotatable bonds is 5. The molecule has 0 saturated heterocycles. The SMILES string of the molecule is COc1ccc(-c2cc(-c3ccc(Br)cc3)oc2C(=O)c2ccc(Br)cc2)cc1. The first-order chi connectivity index (χ1) is 14.0. The Morgan fingerprint density at radius 2 is 1.34 bits per heavy atom. The molecule has 3 nitrogen and oxygen atoms in total. The summed E-state index contributed by atoms with van der Waals surface area (Å²) in [5.41, 5.74) is 3.11. The molecule has 0 saturated carbocycles. The predicted octanol–water partition coefficient (Wildman–Crippen LogP) is 7.38. The lowest BCUT2D eigenvalue weighted by Crippen LogP contribution is -2.01. The van der Waals surface area contributed by atoms with Crippen molar-refractivity contribution in [2.45, 2.75) is 0 Å². The van der Waals surface area contributed by atoms with Crippen molar-refractivity contribution in [1.82, 2.24) is 0 Å². The predicted molar refractivity (Wildman–Crippen MR) is 121 cm³/mol. The molecule has 144 valence electrons. The number of hydrogen-bond acceptors (Lipinski definition) is 3. The molecule has 0 aliphatic carbocycles. The number of halogens is 2. The van der Waals surface area contributed by atoms with E-state index in [-0.39, 0.29) is 5.78 Å². The molecule has 4 rings (SSSR count). The van der Waals surface area contributed by atoms with Crippen LogP contribution in [0.1, 0.15) is 16.1 Å². The average Bonchev–Trinajstić information content (AvgIpc) is 3.20. The standard InChI is InChI=1S/C24H16Br2O3/c1-28-20-12-6-15(7-13-20)21-14-22(16-2-8-18(25)9-3-16)29-24(21)23(27)17-4-10-19(26)11-5-17/h2-14H,1H3. The van der Waals surface area contributed by atoms with Gasteiger partial charge < -0.3 is 9.15 Å². The highest BCUT2D eigenvalue weighted by atomic mass is 79.9. The van der Waals surface area contributed by atoms with Gasteiger partial charge >= 0.3 is 0 Å². The van der Waals surface area contributed by atoms with Crippen LogP contribution in [0.25, 0.3) is 22.5 Å². The van der Waals surface area contributed by atoms with Crippen molar-refractivity contribution < 1.29 is 13.9 Å². The Morgan fingerprint density at radius 1 is 0.793 bits per heavy atom. The summed E-state index contributed by atoms with van der Waals surface area (Å²) >= 11 is 6.85. The summed E-state index contributed by atoms with van der Waals surface area (Å²) in [7, 11) is 1.63. The van der Waals surface area contributed by atoms with Gasteiger partial charge in [0.15, 0.2) is 5.76 Å². The van der Waals surface area contributed by atoms with Crippen LogP contribution in [-0.2, 0) is 0 Å². The molecule has 0 N–H and O–H groups in total. The molecule has 0 amide bonds. The van der Waals surface area contributed by atoms with Gasteiger partial charge in [0.05, 0.1) is 7.11 Å². The topological polar surface area (TPSA) is 39.4 Å². The first-order valence-electron chi connectivity index (χ1n) is 8.89. The Bertz CT molecular complexity index is 1140. The fourth-order valence-electron chi connectivity index (χ4n) is 3.03. The highest BCUT2D eigenvalue weighted by Crippen LogP contribution is 2.35. The Labute approximate surface area is 185 Å². The molecule has 5 heteroatoms. The van der Waals surface area contributed by atoms with Gasteiger partial charge in [0, 0.05) is 25.6 Å². The molecule has 4 aromatic rings. The van der Waals surface area contributed by atoms with E-state index in [1.807, 2.05) is 66.7 Å². The van der Waals surface area contributed by atoms with Gasteiger partial charge in [-0.05, 0) is 60.2 Å². The normalized spacial score (nSPS) is 10.7. The van der Waals surface area contributed by atoms with Crippen LogP contribution in [0.4, 0.5) is 0 Å². The minimum Gasteiger partial charge on any atom is -0.497 e. The van der Waals surface area contributed by atoms with Crippen molar-refractivity contribution in [3.63, 3.8) is 0 Å². The number of ketones is 1. The van der Waals surface area contributed by atoms with Gasteiger partial charge in [0.1, 0.15) is 11.5 Å². The molecule has 3 aromatic carbocycles. The van der Waals surface area contributed by atoms with Crippen LogP contribution in [-0.4, -0.2) is 12.9 Å². The second-order valence-corrected chi connectivity index (χ2v) is 8.26. The average molecular weight is 512 g/mol. The summed E-state index contributed by atoms with van der Waals surface area (Å²) in [6.45, 7) is 0. The molecule has 1 aromatic heterocycles. The van der Waals surface area contributed by atoms with Crippen LogP contribution in [0.2, 0.25) is 0 Å². The van der Waals surface area contributed by atoms with E-state index in [1.54, 1.807) is 19.2 Å². The number of benzene rings is 3. The van der Waals surface area contributed by atoms with E-state index in [0.717, 1.165) is 31.4 Å². The summed E-state index contributed by atoms with van der Waals surface area (Å²) < 4.78 is 13.2. The van der Waals surface area contributed by atoms with Crippen molar-refractivity contribution in [3.8, 4) is 28.2 Å². The number of hydrogen-bond donors (Lipinski definition) is 0. The Morgan fingerprint density at radius 3 is 1.93 bits per heavy atom. The number of ether oxygens (including phenoxy) is 1. The highest BCUT2D eigenvalue weighted by molar-refractivity contribution is 9.10. The number of carbonyl (C=O) groups is 1. The molecule has 29 heavy (non-hydrogen) atoms. The highest BCUT2D eigenvalue weighted by Gasteiger charge is 2.22. The summed E-state index contributed by atoms with van der Waals surface area (Å²) in [6.07, 6.45) is 0. The molecule has 1 heterocycles. The van der Waals surface area contributed by atoms with Crippen molar-refractivity contribution in [2.24, 2.45) is 0 Å². The first-order valence-corrected chi connectivity index (χ1v) is 10.5. The van der Waals surface area contributed by atoms with Crippen LogP contribution in [0.3, 0.4) is 0 Å². The minimum absolute atomic E-state index is 0.160. The van der Waals surface area contributed by atoms with Crippen molar-refractivity contribution in [3.05, 3.63) is 99.1 Å². The molecule has 0 bridgehead atoms. The molecular weight excluding hydrogens is 496 g/mol. The van der Waals surface area contributed by atoms with Crippen LogP contribution >= 0.6 is 31.9 Å². The molecule has 0 radical (unpaired) electrons. The fourth-order valence-corrected chi connectivity index (χ4v) is 3.56.